The van der Waals surface area contributed by atoms with Crippen molar-refractivity contribution in [1.82, 2.24) is 0 Å². The zero-order valence-corrected chi connectivity index (χ0v) is 17.4. The van der Waals surface area contributed by atoms with Gasteiger partial charge in [-0.05, 0) is 41.0 Å². The number of aliphatic carboxylic acids is 1. The molecular weight excluding hydrogens is 421 g/mol. The van der Waals surface area contributed by atoms with Crippen LogP contribution in [0.4, 0.5) is 24.5 Å². The van der Waals surface area contributed by atoms with E-state index in [-0.39, 0.29) is 12.0 Å². The maximum absolute atomic E-state index is 13.3. The van der Waals surface area contributed by atoms with E-state index < -0.39 is 23.6 Å². The Morgan fingerprint density at radius 3 is 2.25 bits per heavy atom. The minimum Gasteiger partial charge on any atom is -0.481 e. The van der Waals surface area contributed by atoms with Crippen molar-refractivity contribution in [1.29, 1.82) is 0 Å². The van der Waals surface area contributed by atoms with Crippen LogP contribution in [0.2, 0.25) is 0 Å². The first-order valence-corrected chi connectivity index (χ1v) is 9.66. The molecule has 0 heterocycles. The van der Waals surface area contributed by atoms with E-state index in [1.807, 2.05) is 0 Å². The number of hydrogen-bond donors (Lipinski definition) is 2. The van der Waals surface area contributed by atoms with Gasteiger partial charge in [-0.15, -0.1) is 0 Å². The molecule has 0 atom stereocenters. The second-order valence-corrected chi connectivity index (χ2v) is 7.39. The third-order valence-corrected chi connectivity index (χ3v) is 4.82. The highest BCUT2D eigenvalue weighted by atomic mass is 19.4. The zero-order valence-electron chi connectivity index (χ0n) is 17.4. The number of carboxylic acids is 1. The fraction of sp³-hybridized carbons (Fsp3) is 0.167. The van der Waals surface area contributed by atoms with Gasteiger partial charge in [0.25, 0.3) is 5.91 Å². The Morgan fingerprint density at radius 2 is 1.66 bits per heavy atom. The molecule has 0 unspecified atom stereocenters. The summed E-state index contributed by atoms with van der Waals surface area (Å²) in [6, 6.07) is 16.5. The fourth-order valence-electron chi connectivity index (χ4n) is 3.31. The van der Waals surface area contributed by atoms with E-state index in [9.17, 15) is 22.8 Å². The van der Waals surface area contributed by atoms with Crippen LogP contribution in [0.3, 0.4) is 0 Å². The van der Waals surface area contributed by atoms with Gasteiger partial charge >= 0.3 is 12.1 Å². The lowest BCUT2D eigenvalue weighted by Gasteiger charge is -2.20. The van der Waals surface area contributed by atoms with Gasteiger partial charge in [0.05, 0.1) is 23.4 Å². The number of carboxylic acid groups (broad SMARTS) is 1. The van der Waals surface area contributed by atoms with Crippen LogP contribution in [0.1, 0.15) is 21.5 Å². The van der Waals surface area contributed by atoms with E-state index >= 15 is 0 Å². The Kier molecular flexibility index (Phi) is 6.53. The Balaban J connectivity index is 2.04. The van der Waals surface area contributed by atoms with Crippen LogP contribution < -0.4 is 10.2 Å². The van der Waals surface area contributed by atoms with E-state index in [0.717, 1.165) is 12.1 Å². The highest BCUT2D eigenvalue weighted by Gasteiger charge is 2.32. The molecule has 166 valence electrons. The van der Waals surface area contributed by atoms with Gasteiger partial charge in [0.2, 0.25) is 0 Å². The monoisotopic (exact) mass is 442 g/mol. The van der Waals surface area contributed by atoms with Crippen molar-refractivity contribution in [2.75, 3.05) is 24.3 Å². The highest BCUT2D eigenvalue weighted by molar-refractivity contribution is 6.10. The third kappa shape index (κ3) is 5.26. The molecule has 0 bridgehead atoms. The first-order valence-electron chi connectivity index (χ1n) is 9.66. The largest absolute Gasteiger partial charge is 0.481 e. The summed E-state index contributed by atoms with van der Waals surface area (Å²) in [6.45, 7) is 0. The molecule has 3 aromatic carbocycles. The summed E-state index contributed by atoms with van der Waals surface area (Å²) >= 11 is 0. The lowest BCUT2D eigenvalue weighted by molar-refractivity contribution is -0.138. The quantitative estimate of drug-likeness (QED) is 0.542. The second kappa shape index (κ2) is 9.13. The molecule has 0 aliphatic carbocycles. The molecule has 8 heteroatoms. The third-order valence-electron chi connectivity index (χ3n) is 4.82. The number of alkyl halides is 3. The molecule has 0 radical (unpaired) electrons. The number of nitrogens with one attached hydrogen (secondary N) is 1. The van der Waals surface area contributed by atoms with Crippen LogP contribution in [0.25, 0.3) is 11.1 Å². The molecule has 32 heavy (non-hydrogen) atoms. The van der Waals surface area contributed by atoms with Crippen LogP contribution >= 0.6 is 0 Å². The molecule has 0 saturated carbocycles. The Hall–Kier alpha value is -3.81. The summed E-state index contributed by atoms with van der Waals surface area (Å²) in [4.78, 5) is 25.8. The number of carbonyl (C=O) groups is 2. The molecule has 0 aliphatic rings. The van der Waals surface area contributed by atoms with Gasteiger partial charge < -0.3 is 15.3 Å². The maximum atomic E-state index is 13.3. The number of nitrogens with zero attached hydrogens (tertiary/aromatic N) is 1. The Labute approximate surface area is 183 Å². The Bertz CT molecular complexity index is 1140. The predicted molar refractivity (Wildman–Crippen MR) is 117 cm³/mol. The van der Waals surface area contributed by atoms with Crippen molar-refractivity contribution in [3.8, 4) is 11.1 Å². The molecule has 3 rings (SSSR count). The minimum atomic E-state index is -4.60. The molecule has 0 saturated heterocycles. The van der Waals surface area contributed by atoms with Crippen LogP contribution in [-0.4, -0.2) is 31.1 Å². The van der Waals surface area contributed by atoms with Crippen molar-refractivity contribution >= 4 is 23.3 Å². The molecular formula is C24H21F3N2O3. The van der Waals surface area contributed by atoms with Gasteiger partial charge in [-0.2, -0.15) is 13.2 Å². The molecule has 0 aliphatic heterocycles. The number of amides is 1. The zero-order chi connectivity index (χ0) is 23.5. The Morgan fingerprint density at radius 1 is 0.969 bits per heavy atom. The van der Waals surface area contributed by atoms with Gasteiger partial charge in [0, 0.05) is 19.7 Å². The molecule has 0 aromatic heterocycles. The SMILES string of the molecule is CN(C)c1cc(CC(=O)O)ccc1NC(=O)c1cc(C(F)(F)F)ccc1-c1ccccc1. The van der Waals surface area contributed by atoms with E-state index in [0.29, 0.717) is 28.1 Å². The summed E-state index contributed by atoms with van der Waals surface area (Å²) in [5.74, 6) is -1.70. The van der Waals surface area contributed by atoms with Crippen LogP contribution in [0.15, 0.2) is 66.7 Å². The molecule has 1 amide bonds. The highest BCUT2D eigenvalue weighted by Crippen LogP contribution is 2.34. The molecule has 0 spiro atoms. The van der Waals surface area contributed by atoms with Gasteiger partial charge in [-0.3, -0.25) is 9.59 Å². The molecule has 5 nitrogen and oxygen atoms in total. The van der Waals surface area contributed by atoms with Crippen molar-refractivity contribution in [3.05, 3.63) is 83.4 Å². The van der Waals surface area contributed by atoms with Crippen molar-refractivity contribution in [3.63, 3.8) is 0 Å². The average Bonchev–Trinajstić information content (AvgIpc) is 2.73. The minimum absolute atomic E-state index is 0.120. The number of hydrogen-bond acceptors (Lipinski definition) is 3. The summed E-state index contributed by atoms with van der Waals surface area (Å²) in [5, 5.41) is 11.7. The van der Waals surface area contributed by atoms with Gasteiger partial charge in [-0.25, -0.2) is 0 Å². The average molecular weight is 442 g/mol. The van der Waals surface area contributed by atoms with E-state index in [1.165, 1.54) is 6.07 Å². The molecule has 0 fully saturated rings. The standard InChI is InChI=1S/C24H21F3N2O3/c1-29(2)21-12-15(13-22(30)31)8-11-20(21)28-23(32)19-14-17(24(25,26)27)9-10-18(19)16-6-4-3-5-7-16/h3-12,14H,13H2,1-2H3,(H,28,32)(H,30,31). The number of benzene rings is 3. The van der Waals surface area contributed by atoms with Gasteiger partial charge in [0.15, 0.2) is 0 Å². The fourth-order valence-corrected chi connectivity index (χ4v) is 3.31. The van der Waals surface area contributed by atoms with E-state index in [2.05, 4.69) is 5.32 Å². The number of halogens is 3. The summed E-state index contributed by atoms with van der Waals surface area (Å²) in [6.07, 6.45) is -4.79. The number of anilines is 2. The lowest BCUT2D eigenvalue weighted by atomic mass is 9.96. The first-order chi connectivity index (χ1) is 15.1. The van der Waals surface area contributed by atoms with Gasteiger partial charge in [-0.1, -0.05) is 42.5 Å². The van der Waals surface area contributed by atoms with Crippen molar-refractivity contribution < 1.29 is 27.9 Å². The smallest absolute Gasteiger partial charge is 0.416 e. The maximum Gasteiger partial charge on any atom is 0.416 e. The van der Waals surface area contributed by atoms with Crippen molar-refractivity contribution in [2.45, 2.75) is 12.6 Å². The van der Waals surface area contributed by atoms with Gasteiger partial charge in [0.1, 0.15) is 0 Å². The number of rotatable bonds is 6. The normalized spacial score (nSPS) is 11.2. The van der Waals surface area contributed by atoms with Crippen molar-refractivity contribution in [2.24, 2.45) is 0 Å². The van der Waals surface area contributed by atoms with E-state index in [1.54, 1.807) is 67.5 Å². The number of carbonyl (C=O) groups excluding carboxylic acids is 1. The molecule has 3 aromatic rings. The lowest BCUT2D eigenvalue weighted by Crippen LogP contribution is -2.19. The van der Waals surface area contributed by atoms with E-state index in [4.69, 9.17) is 5.11 Å². The van der Waals surface area contributed by atoms with Crippen LogP contribution in [-0.2, 0) is 17.4 Å². The van der Waals surface area contributed by atoms with Crippen LogP contribution in [0, 0.1) is 0 Å². The first kappa shape index (κ1) is 22.9. The topological polar surface area (TPSA) is 69.6 Å². The summed E-state index contributed by atoms with van der Waals surface area (Å²) < 4.78 is 40.0. The molecule has 2 N–H and O–H groups in total. The summed E-state index contributed by atoms with van der Waals surface area (Å²) in [5.41, 5.74) is 1.34. The predicted octanol–water partition coefficient (Wildman–Crippen LogP) is 5.32. The second-order valence-electron chi connectivity index (χ2n) is 7.39. The van der Waals surface area contributed by atoms with Crippen LogP contribution in [0.5, 0.6) is 0 Å². The summed E-state index contributed by atoms with van der Waals surface area (Å²) in [7, 11) is 3.43.